The van der Waals surface area contributed by atoms with Gasteiger partial charge in [0.25, 0.3) is 11.8 Å². The molecule has 0 saturated carbocycles. The Morgan fingerprint density at radius 3 is 2.63 bits per heavy atom. The van der Waals surface area contributed by atoms with Crippen molar-refractivity contribution in [3.8, 4) is 10.6 Å². The fourth-order valence-corrected chi connectivity index (χ4v) is 4.69. The van der Waals surface area contributed by atoms with E-state index in [-0.39, 0.29) is 31.2 Å². The average Bonchev–Trinajstić information content (AvgIpc) is 3.36. The zero-order valence-corrected chi connectivity index (χ0v) is 21.8. The molecule has 4 aromatic rings. The van der Waals surface area contributed by atoms with E-state index in [4.69, 9.17) is 0 Å². The maximum Gasteiger partial charge on any atom is 0.263 e. The molecule has 35 heavy (non-hydrogen) atoms. The minimum atomic E-state index is -0.132. The molecule has 0 fully saturated rings. The predicted molar refractivity (Wildman–Crippen MR) is 146 cm³/mol. The van der Waals surface area contributed by atoms with Crippen LogP contribution in [-0.2, 0) is 0 Å². The summed E-state index contributed by atoms with van der Waals surface area (Å²) in [6.07, 6.45) is 3.19. The van der Waals surface area contributed by atoms with Gasteiger partial charge >= 0.3 is 0 Å². The highest BCUT2D eigenvalue weighted by Crippen LogP contribution is 2.29. The SMILES string of the molecule is CNC(=O)c1ccnc2c([C@H](C)CNc3cc(-c4ccc(C(=O)N(C)C)s4)ncn3)cccc12.S. The van der Waals surface area contributed by atoms with Crippen LogP contribution in [0, 0.1) is 0 Å². The fourth-order valence-electron chi connectivity index (χ4n) is 3.70. The number of carbonyl (C=O) groups excluding carboxylic acids is 2. The Bertz CT molecular complexity index is 1350. The summed E-state index contributed by atoms with van der Waals surface area (Å²) in [5, 5.41) is 6.90. The second kappa shape index (κ2) is 11.3. The monoisotopic (exact) mass is 508 g/mol. The minimum Gasteiger partial charge on any atom is -0.369 e. The molecule has 0 aliphatic rings. The Morgan fingerprint density at radius 2 is 1.89 bits per heavy atom. The number of rotatable bonds is 7. The summed E-state index contributed by atoms with van der Waals surface area (Å²) in [5.41, 5.74) is 3.24. The van der Waals surface area contributed by atoms with E-state index in [2.05, 4.69) is 32.5 Å². The number of amides is 2. The van der Waals surface area contributed by atoms with Crippen molar-refractivity contribution in [2.75, 3.05) is 33.0 Å². The molecule has 10 heteroatoms. The van der Waals surface area contributed by atoms with Crippen LogP contribution < -0.4 is 10.6 Å². The summed E-state index contributed by atoms with van der Waals surface area (Å²) in [7, 11) is 5.10. The summed E-state index contributed by atoms with van der Waals surface area (Å²) in [5.74, 6) is 0.652. The molecule has 2 N–H and O–H groups in total. The number of hydrogen-bond donors (Lipinski definition) is 2. The molecule has 0 unspecified atom stereocenters. The van der Waals surface area contributed by atoms with Gasteiger partial charge in [0.15, 0.2) is 0 Å². The largest absolute Gasteiger partial charge is 0.369 e. The van der Waals surface area contributed by atoms with Gasteiger partial charge in [0, 0.05) is 51.3 Å². The number of fused-ring (bicyclic) bond motifs is 1. The van der Waals surface area contributed by atoms with Crippen LogP contribution >= 0.6 is 24.8 Å². The van der Waals surface area contributed by atoms with Gasteiger partial charge in [-0.2, -0.15) is 13.5 Å². The van der Waals surface area contributed by atoms with Gasteiger partial charge in [-0.1, -0.05) is 25.1 Å². The Morgan fingerprint density at radius 1 is 1.09 bits per heavy atom. The zero-order valence-electron chi connectivity index (χ0n) is 20.0. The van der Waals surface area contributed by atoms with E-state index in [1.54, 1.807) is 38.3 Å². The average molecular weight is 509 g/mol. The predicted octanol–water partition coefficient (Wildman–Crippen LogP) is 4.14. The smallest absolute Gasteiger partial charge is 0.263 e. The lowest BCUT2D eigenvalue weighted by Crippen LogP contribution is -2.20. The second-order valence-electron chi connectivity index (χ2n) is 8.11. The highest BCUT2D eigenvalue weighted by atomic mass is 32.1. The Kier molecular flexibility index (Phi) is 8.42. The van der Waals surface area contributed by atoms with Crippen molar-refractivity contribution in [1.29, 1.82) is 0 Å². The lowest BCUT2D eigenvalue weighted by Gasteiger charge is -2.16. The molecule has 2 amide bonds. The van der Waals surface area contributed by atoms with Crippen molar-refractivity contribution in [1.82, 2.24) is 25.2 Å². The zero-order chi connectivity index (χ0) is 24.2. The third-order valence-electron chi connectivity index (χ3n) is 5.54. The van der Waals surface area contributed by atoms with Crippen LogP contribution in [0.2, 0.25) is 0 Å². The lowest BCUT2D eigenvalue weighted by atomic mass is 9.96. The van der Waals surface area contributed by atoms with E-state index in [0.29, 0.717) is 22.8 Å². The van der Waals surface area contributed by atoms with Gasteiger partial charge in [0.1, 0.15) is 12.1 Å². The van der Waals surface area contributed by atoms with E-state index in [1.165, 1.54) is 17.7 Å². The minimum absolute atomic E-state index is 0. The molecule has 182 valence electrons. The molecule has 1 atom stereocenters. The van der Waals surface area contributed by atoms with Crippen molar-refractivity contribution in [2.45, 2.75) is 12.8 Å². The van der Waals surface area contributed by atoms with Crippen molar-refractivity contribution in [2.24, 2.45) is 0 Å². The highest BCUT2D eigenvalue weighted by molar-refractivity contribution is 7.59. The van der Waals surface area contributed by atoms with Crippen molar-refractivity contribution < 1.29 is 9.59 Å². The maximum absolute atomic E-state index is 12.3. The van der Waals surface area contributed by atoms with Crippen LogP contribution in [-0.4, -0.2) is 59.4 Å². The van der Waals surface area contributed by atoms with E-state index >= 15 is 0 Å². The maximum atomic E-state index is 12.3. The molecule has 0 saturated heterocycles. The van der Waals surface area contributed by atoms with Gasteiger partial charge in [0.05, 0.1) is 26.5 Å². The molecule has 4 rings (SSSR count). The number of carbonyl (C=O) groups is 2. The summed E-state index contributed by atoms with van der Waals surface area (Å²) in [4.78, 5) is 40.9. The van der Waals surface area contributed by atoms with E-state index in [1.807, 2.05) is 36.4 Å². The van der Waals surface area contributed by atoms with Crippen LogP contribution in [0.4, 0.5) is 5.82 Å². The first-order valence-corrected chi connectivity index (χ1v) is 11.7. The molecular weight excluding hydrogens is 480 g/mol. The van der Waals surface area contributed by atoms with Crippen LogP contribution in [0.1, 0.15) is 38.4 Å². The first kappa shape index (κ1) is 26.1. The molecular formula is C25H28N6O2S2. The van der Waals surface area contributed by atoms with Gasteiger partial charge < -0.3 is 15.5 Å². The van der Waals surface area contributed by atoms with Gasteiger partial charge in [-0.15, -0.1) is 11.3 Å². The van der Waals surface area contributed by atoms with Gasteiger partial charge in [-0.25, -0.2) is 9.97 Å². The lowest BCUT2D eigenvalue weighted by molar-refractivity contribution is 0.0832. The van der Waals surface area contributed by atoms with Crippen LogP contribution in [0.5, 0.6) is 0 Å². The molecule has 0 radical (unpaired) electrons. The number of benzene rings is 1. The third kappa shape index (κ3) is 5.60. The summed E-state index contributed by atoms with van der Waals surface area (Å²) >= 11 is 1.41. The summed E-state index contributed by atoms with van der Waals surface area (Å²) in [6, 6.07) is 13.3. The number of aromatic nitrogens is 3. The quantitative estimate of drug-likeness (QED) is 0.389. The first-order valence-electron chi connectivity index (χ1n) is 10.9. The molecule has 0 spiro atoms. The summed E-state index contributed by atoms with van der Waals surface area (Å²) < 4.78 is 0. The van der Waals surface area contributed by atoms with Crippen molar-refractivity contribution in [3.63, 3.8) is 0 Å². The van der Waals surface area contributed by atoms with Crippen LogP contribution in [0.15, 0.2) is 55.0 Å². The number of thiophene rings is 1. The van der Waals surface area contributed by atoms with Crippen LogP contribution in [0.3, 0.4) is 0 Å². The summed E-state index contributed by atoms with van der Waals surface area (Å²) in [6.45, 7) is 2.73. The van der Waals surface area contributed by atoms with Crippen LogP contribution in [0.25, 0.3) is 21.5 Å². The van der Waals surface area contributed by atoms with E-state index in [0.717, 1.165) is 27.0 Å². The Balaban J connectivity index is 0.00000342. The van der Waals surface area contributed by atoms with Crippen molar-refractivity contribution >= 4 is 53.4 Å². The highest BCUT2D eigenvalue weighted by Gasteiger charge is 2.16. The normalized spacial score (nSPS) is 11.4. The molecule has 0 aliphatic carbocycles. The number of hydrogen-bond acceptors (Lipinski definition) is 7. The Labute approximate surface area is 215 Å². The second-order valence-corrected chi connectivity index (χ2v) is 9.20. The number of nitrogens with one attached hydrogen (secondary N) is 2. The Hall–Kier alpha value is -3.50. The molecule has 8 nitrogen and oxygen atoms in total. The first-order chi connectivity index (χ1) is 16.4. The number of pyridine rings is 1. The third-order valence-corrected chi connectivity index (χ3v) is 6.63. The van der Waals surface area contributed by atoms with Gasteiger partial charge in [0.2, 0.25) is 0 Å². The molecule has 1 aromatic carbocycles. The topological polar surface area (TPSA) is 100 Å². The molecule has 3 heterocycles. The van der Waals surface area contributed by atoms with Gasteiger partial charge in [-0.05, 0) is 23.8 Å². The van der Waals surface area contributed by atoms with Gasteiger partial charge in [-0.3, -0.25) is 14.6 Å². The molecule has 0 aliphatic heterocycles. The van der Waals surface area contributed by atoms with E-state index in [9.17, 15) is 9.59 Å². The van der Waals surface area contributed by atoms with Crippen molar-refractivity contribution in [3.05, 3.63) is 71.0 Å². The number of para-hydroxylation sites is 1. The van der Waals surface area contributed by atoms with E-state index < -0.39 is 0 Å². The molecule has 3 aromatic heterocycles. The molecule has 0 bridgehead atoms. The standard InChI is InChI=1S/C25H26N6O2S.H2S/c1-15(16-6-5-7-17-18(24(32)26-2)10-11-27-23(16)17)13-28-22-12-19(29-14-30-22)20-8-9-21(34-20)25(33)31(3)4;/h5-12,14-15H,13H2,1-4H3,(H,26,32)(H,28,29,30);1H2/t15-;/m1./s1. The number of anilines is 1. The number of nitrogens with zero attached hydrogens (tertiary/aromatic N) is 4. The fraction of sp³-hybridized carbons (Fsp3) is 0.240.